The molecule has 250 valence electrons. The number of ether oxygens (including phenoxy) is 2. The zero-order valence-electron chi connectivity index (χ0n) is 24.8. The quantitative estimate of drug-likeness (QED) is 0.293. The van der Waals surface area contributed by atoms with Crippen molar-refractivity contribution in [3.63, 3.8) is 0 Å². The number of rotatable bonds is 10. The summed E-state index contributed by atoms with van der Waals surface area (Å²) in [5, 5.41) is 14.6. The number of carboxylic acid groups (broad SMARTS) is 1. The van der Waals surface area contributed by atoms with Crippen molar-refractivity contribution in [3.05, 3.63) is 47.8 Å². The number of halogens is 4. The number of benzene rings is 2. The molecule has 0 aromatic heterocycles. The van der Waals surface area contributed by atoms with Gasteiger partial charge in [-0.3, -0.25) is 14.4 Å². The molecule has 3 saturated carbocycles. The minimum Gasteiger partial charge on any atom is -0.496 e. The van der Waals surface area contributed by atoms with Crippen LogP contribution >= 0.6 is 0 Å². The van der Waals surface area contributed by atoms with E-state index in [1.54, 1.807) is 0 Å². The van der Waals surface area contributed by atoms with Crippen LogP contribution in [0.25, 0.3) is 0 Å². The van der Waals surface area contributed by atoms with Crippen LogP contribution in [0.15, 0.2) is 41.3 Å². The topological polar surface area (TPSA) is 148 Å². The van der Waals surface area contributed by atoms with E-state index < -0.39 is 61.7 Å². The molecule has 2 amide bonds. The van der Waals surface area contributed by atoms with Crippen molar-refractivity contribution in [1.82, 2.24) is 5.32 Å². The lowest BCUT2D eigenvalue weighted by Gasteiger charge is -2.31. The van der Waals surface area contributed by atoms with Gasteiger partial charge >= 0.3 is 11.5 Å². The minimum atomic E-state index is -5.63. The first-order chi connectivity index (χ1) is 21.7. The van der Waals surface area contributed by atoms with Crippen LogP contribution < -0.4 is 20.1 Å². The van der Waals surface area contributed by atoms with Crippen LogP contribution in [0.1, 0.15) is 55.3 Å². The summed E-state index contributed by atoms with van der Waals surface area (Å²) in [5.74, 6) is -4.37. The summed E-state index contributed by atoms with van der Waals surface area (Å²) in [6.45, 7) is 0.136. The van der Waals surface area contributed by atoms with Gasteiger partial charge in [0.05, 0.1) is 36.0 Å². The fraction of sp³-hybridized carbons (Fsp3) is 0.516. The number of hydrogen-bond donors (Lipinski definition) is 3. The summed E-state index contributed by atoms with van der Waals surface area (Å²) in [4.78, 5) is 37.2. The normalized spacial score (nSPS) is 25.9. The molecule has 0 spiro atoms. The van der Waals surface area contributed by atoms with Crippen LogP contribution in [0.2, 0.25) is 0 Å². The predicted molar refractivity (Wildman–Crippen MR) is 155 cm³/mol. The lowest BCUT2D eigenvalue weighted by molar-refractivity contribution is -0.143. The maximum Gasteiger partial charge on any atom is 0.501 e. The second kappa shape index (κ2) is 13.1. The molecule has 4 atom stereocenters. The molecule has 46 heavy (non-hydrogen) atoms. The lowest BCUT2D eigenvalue weighted by Crippen LogP contribution is -2.48. The summed E-state index contributed by atoms with van der Waals surface area (Å²) < 4.78 is 88.8. The van der Waals surface area contributed by atoms with E-state index in [1.165, 1.54) is 19.2 Å². The summed E-state index contributed by atoms with van der Waals surface area (Å²) in [6.07, 6.45) is 4.28. The van der Waals surface area contributed by atoms with Gasteiger partial charge in [-0.15, -0.1) is 0 Å². The van der Waals surface area contributed by atoms with E-state index in [2.05, 4.69) is 10.6 Å². The first-order valence-corrected chi connectivity index (χ1v) is 16.4. The molecule has 0 unspecified atom stereocenters. The molecular formula is C31H34F4N2O8S. The van der Waals surface area contributed by atoms with Crippen molar-refractivity contribution in [2.45, 2.75) is 61.4 Å². The lowest BCUT2D eigenvalue weighted by atomic mass is 9.82. The Morgan fingerprint density at radius 2 is 1.67 bits per heavy atom. The number of nitrogens with one attached hydrogen (secondary N) is 2. The molecule has 10 nitrogen and oxygen atoms in total. The summed E-state index contributed by atoms with van der Waals surface area (Å²) in [7, 11) is -4.36. The van der Waals surface area contributed by atoms with Crippen molar-refractivity contribution in [2.75, 3.05) is 19.0 Å². The second-order valence-corrected chi connectivity index (χ2v) is 14.1. The molecule has 3 aliphatic rings. The molecular weight excluding hydrogens is 636 g/mol. The van der Waals surface area contributed by atoms with E-state index in [4.69, 9.17) is 9.47 Å². The Labute approximate surface area is 262 Å². The number of hydrogen-bond acceptors (Lipinski definition) is 7. The highest BCUT2D eigenvalue weighted by atomic mass is 32.2. The Morgan fingerprint density at radius 1 is 0.978 bits per heavy atom. The highest BCUT2D eigenvalue weighted by molar-refractivity contribution is 7.92. The minimum absolute atomic E-state index is 0.0250. The van der Waals surface area contributed by atoms with Crippen LogP contribution in [0.3, 0.4) is 0 Å². The third kappa shape index (κ3) is 6.79. The molecule has 0 saturated heterocycles. The molecule has 2 aromatic carbocycles. The number of aliphatic carboxylic acids is 1. The van der Waals surface area contributed by atoms with Crippen LogP contribution in [-0.4, -0.2) is 56.6 Å². The van der Waals surface area contributed by atoms with Crippen LogP contribution in [0.4, 0.5) is 23.2 Å². The summed E-state index contributed by atoms with van der Waals surface area (Å²) >= 11 is 0. The van der Waals surface area contributed by atoms with Gasteiger partial charge in [-0.2, -0.15) is 13.2 Å². The Kier molecular flexibility index (Phi) is 9.52. The molecule has 5 rings (SSSR count). The third-order valence-corrected chi connectivity index (χ3v) is 10.9. The molecule has 0 heterocycles. The standard InChI is InChI=1S/C31H34F4N2O8S/c1-44-24-14-23(32)25(45-15-16-5-7-17(8-6-16)30(40)41)13-22(24)28(38)37-27-19-10-9-18(11-19)26(27)29(39)36-20-3-2-4-21(12-20)46(42,43)31(33,34)35/h2-4,12-14,16-19,26-27H,5-11,15H2,1H3,(H,36,39)(H,37,38)(H,40,41)/t16-,17-,18-,19+,26+,27-/m1/s1. The van der Waals surface area contributed by atoms with Crippen LogP contribution in [-0.2, 0) is 19.4 Å². The molecule has 3 fully saturated rings. The molecule has 15 heteroatoms. The number of carbonyl (C=O) groups is 3. The van der Waals surface area contributed by atoms with E-state index in [0.717, 1.165) is 30.7 Å². The molecule has 0 aliphatic heterocycles. The number of alkyl halides is 3. The molecule has 0 radical (unpaired) electrons. The number of carbonyl (C=O) groups excluding carboxylic acids is 2. The molecule has 2 bridgehead atoms. The monoisotopic (exact) mass is 670 g/mol. The van der Waals surface area contributed by atoms with Crippen molar-refractivity contribution in [2.24, 2.45) is 29.6 Å². The van der Waals surface area contributed by atoms with Gasteiger partial charge in [0, 0.05) is 17.8 Å². The number of methoxy groups -OCH3 is 1. The zero-order chi connectivity index (χ0) is 33.4. The van der Waals surface area contributed by atoms with Gasteiger partial charge in [0.25, 0.3) is 15.7 Å². The van der Waals surface area contributed by atoms with E-state index in [0.29, 0.717) is 38.5 Å². The number of amides is 2. The Balaban J connectivity index is 1.29. The number of sulfone groups is 1. The number of carboxylic acids is 1. The maximum atomic E-state index is 14.9. The third-order valence-electron chi connectivity index (χ3n) is 9.40. The van der Waals surface area contributed by atoms with E-state index >= 15 is 0 Å². The summed E-state index contributed by atoms with van der Waals surface area (Å²) in [5.41, 5.74) is -5.68. The predicted octanol–water partition coefficient (Wildman–Crippen LogP) is 5.18. The molecule has 2 aromatic rings. The van der Waals surface area contributed by atoms with Gasteiger partial charge in [0.1, 0.15) is 5.75 Å². The van der Waals surface area contributed by atoms with Crippen molar-refractivity contribution in [1.29, 1.82) is 0 Å². The Hall–Kier alpha value is -3.88. The second-order valence-electron chi connectivity index (χ2n) is 12.2. The largest absolute Gasteiger partial charge is 0.501 e. The van der Waals surface area contributed by atoms with Gasteiger partial charge in [-0.05, 0) is 87.0 Å². The molecule has 3 N–H and O–H groups in total. The average Bonchev–Trinajstić information content (AvgIpc) is 3.62. The SMILES string of the molecule is COc1cc(F)c(OC[C@H]2CC[C@H](C(=O)O)CC2)cc1C(=O)N[C@@H]1[C@H]2CC[C@H](C2)[C@@H]1C(=O)Nc1cccc(S(=O)(=O)C(F)(F)F)c1. The number of anilines is 1. The first kappa shape index (κ1) is 33.5. The van der Waals surface area contributed by atoms with Gasteiger partial charge in [0.15, 0.2) is 11.6 Å². The van der Waals surface area contributed by atoms with Crippen LogP contribution in [0.5, 0.6) is 11.5 Å². The highest BCUT2D eigenvalue weighted by Gasteiger charge is 2.52. The van der Waals surface area contributed by atoms with Gasteiger partial charge in [0.2, 0.25) is 5.91 Å². The summed E-state index contributed by atoms with van der Waals surface area (Å²) in [6, 6.07) is 5.49. The zero-order valence-corrected chi connectivity index (χ0v) is 25.6. The van der Waals surface area contributed by atoms with E-state index in [-0.39, 0.29) is 47.1 Å². The fourth-order valence-corrected chi connectivity index (χ4v) is 7.79. The van der Waals surface area contributed by atoms with Crippen LogP contribution in [0, 0.1) is 35.4 Å². The van der Waals surface area contributed by atoms with E-state index in [9.17, 15) is 45.5 Å². The van der Waals surface area contributed by atoms with Gasteiger partial charge in [-0.25, -0.2) is 12.8 Å². The van der Waals surface area contributed by atoms with Gasteiger partial charge < -0.3 is 25.2 Å². The maximum absolute atomic E-state index is 14.9. The molecule has 3 aliphatic carbocycles. The number of fused-ring (bicyclic) bond motifs is 2. The average molecular weight is 671 g/mol. The van der Waals surface area contributed by atoms with Crippen molar-refractivity contribution < 1.29 is 54.9 Å². The van der Waals surface area contributed by atoms with Gasteiger partial charge in [-0.1, -0.05) is 6.07 Å². The Morgan fingerprint density at radius 3 is 2.33 bits per heavy atom. The fourth-order valence-electron chi connectivity index (χ4n) is 6.98. The Bertz CT molecular complexity index is 1610. The van der Waals surface area contributed by atoms with Crippen molar-refractivity contribution >= 4 is 33.3 Å². The highest BCUT2D eigenvalue weighted by Crippen LogP contribution is 2.49. The smallest absolute Gasteiger partial charge is 0.496 e. The first-order valence-electron chi connectivity index (χ1n) is 15.0. The van der Waals surface area contributed by atoms with E-state index in [1.807, 2.05) is 0 Å². The van der Waals surface area contributed by atoms with Crippen molar-refractivity contribution in [3.8, 4) is 11.5 Å².